The van der Waals surface area contributed by atoms with E-state index in [1.807, 2.05) is 32.0 Å². The summed E-state index contributed by atoms with van der Waals surface area (Å²) in [6.45, 7) is 6.01. The molecule has 0 saturated heterocycles. The van der Waals surface area contributed by atoms with Crippen LogP contribution in [-0.2, 0) is 6.54 Å². The van der Waals surface area contributed by atoms with Crippen molar-refractivity contribution in [3.8, 4) is 5.75 Å². The van der Waals surface area contributed by atoms with Crippen LogP contribution in [0, 0.1) is 6.92 Å². The van der Waals surface area contributed by atoms with Crippen molar-refractivity contribution < 1.29 is 4.74 Å². The number of ether oxygens (including phenoxy) is 1. The zero-order chi connectivity index (χ0) is 15.2. The minimum absolute atomic E-state index is 0.120. The van der Waals surface area contributed by atoms with Gasteiger partial charge in [-0.3, -0.25) is 4.90 Å². The molecule has 0 bridgehead atoms. The van der Waals surface area contributed by atoms with Crippen molar-refractivity contribution in [2.24, 2.45) is 5.73 Å². The summed E-state index contributed by atoms with van der Waals surface area (Å²) < 4.78 is 5.73. The van der Waals surface area contributed by atoms with E-state index in [1.165, 1.54) is 0 Å². The van der Waals surface area contributed by atoms with Crippen molar-refractivity contribution in [2.75, 3.05) is 20.2 Å². The van der Waals surface area contributed by atoms with Gasteiger partial charge in [-0.1, -0.05) is 18.2 Å². The van der Waals surface area contributed by atoms with E-state index < -0.39 is 0 Å². The summed E-state index contributed by atoms with van der Waals surface area (Å²) >= 11 is 1.68. The summed E-state index contributed by atoms with van der Waals surface area (Å²) in [6.07, 6.45) is 0. The number of nitrogens with zero attached hydrogens (tertiary/aromatic N) is 2. The first kappa shape index (κ1) is 15.9. The molecule has 5 heteroatoms. The molecule has 1 aromatic heterocycles. The van der Waals surface area contributed by atoms with Crippen LogP contribution in [0.4, 0.5) is 0 Å². The Labute approximate surface area is 130 Å². The molecule has 1 aromatic carbocycles. The second kappa shape index (κ2) is 7.54. The molecular weight excluding hydrogens is 282 g/mol. The number of nitrogens with two attached hydrogens (primary N) is 1. The molecule has 0 spiro atoms. The van der Waals surface area contributed by atoms with E-state index in [0.29, 0.717) is 13.2 Å². The predicted molar refractivity (Wildman–Crippen MR) is 87.7 cm³/mol. The summed E-state index contributed by atoms with van der Waals surface area (Å²) in [7, 11) is 2.08. The molecule has 0 aliphatic rings. The SMILES string of the molecule is CCOc1ccccc1C(CN)N(C)Cc1csc(C)n1. The molecule has 0 fully saturated rings. The molecular formula is C16H23N3OS. The first-order chi connectivity index (χ1) is 10.2. The summed E-state index contributed by atoms with van der Waals surface area (Å²) in [5.41, 5.74) is 8.24. The molecule has 1 heterocycles. The van der Waals surface area contributed by atoms with Crippen molar-refractivity contribution >= 4 is 11.3 Å². The number of likely N-dealkylation sites (N-methyl/N-ethyl adjacent to an activating group) is 1. The van der Waals surface area contributed by atoms with Crippen molar-refractivity contribution in [1.82, 2.24) is 9.88 Å². The van der Waals surface area contributed by atoms with Crippen LogP contribution < -0.4 is 10.5 Å². The smallest absolute Gasteiger partial charge is 0.124 e. The van der Waals surface area contributed by atoms with Gasteiger partial charge in [0.25, 0.3) is 0 Å². The maximum absolute atomic E-state index is 6.01. The zero-order valence-electron chi connectivity index (χ0n) is 12.9. The van der Waals surface area contributed by atoms with Crippen LogP contribution >= 0.6 is 11.3 Å². The summed E-state index contributed by atoms with van der Waals surface area (Å²) in [5, 5.41) is 3.20. The molecule has 21 heavy (non-hydrogen) atoms. The van der Waals surface area contributed by atoms with Crippen molar-refractivity contribution in [3.05, 3.63) is 45.9 Å². The second-order valence-electron chi connectivity index (χ2n) is 5.00. The largest absolute Gasteiger partial charge is 0.494 e. The lowest BCUT2D eigenvalue weighted by Gasteiger charge is -2.28. The lowest BCUT2D eigenvalue weighted by molar-refractivity contribution is 0.230. The highest BCUT2D eigenvalue weighted by atomic mass is 32.1. The predicted octanol–water partition coefficient (Wildman–Crippen LogP) is 2.98. The second-order valence-corrected chi connectivity index (χ2v) is 6.06. The molecule has 0 aliphatic carbocycles. The minimum atomic E-state index is 0.120. The molecule has 2 rings (SSSR count). The average molecular weight is 305 g/mol. The van der Waals surface area contributed by atoms with Gasteiger partial charge in [0.2, 0.25) is 0 Å². The monoisotopic (exact) mass is 305 g/mol. The Morgan fingerprint density at radius 2 is 2.14 bits per heavy atom. The lowest BCUT2D eigenvalue weighted by Crippen LogP contribution is -2.30. The summed E-state index contributed by atoms with van der Waals surface area (Å²) in [6, 6.07) is 8.23. The van der Waals surface area contributed by atoms with Crippen LogP contribution in [0.2, 0.25) is 0 Å². The van der Waals surface area contributed by atoms with E-state index >= 15 is 0 Å². The molecule has 2 aromatic rings. The van der Waals surface area contributed by atoms with Crippen LogP contribution in [0.25, 0.3) is 0 Å². The van der Waals surface area contributed by atoms with Crippen molar-refractivity contribution in [1.29, 1.82) is 0 Å². The Morgan fingerprint density at radius 1 is 1.38 bits per heavy atom. The van der Waals surface area contributed by atoms with Gasteiger partial charge in [-0.05, 0) is 27.0 Å². The third kappa shape index (κ3) is 4.03. The summed E-state index contributed by atoms with van der Waals surface area (Å²) in [4.78, 5) is 6.75. The van der Waals surface area contributed by atoms with Crippen LogP contribution in [0.1, 0.15) is 29.2 Å². The van der Waals surface area contributed by atoms with E-state index in [-0.39, 0.29) is 6.04 Å². The van der Waals surface area contributed by atoms with E-state index in [4.69, 9.17) is 10.5 Å². The number of rotatable bonds is 7. The Kier molecular flexibility index (Phi) is 5.73. The maximum Gasteiger partial charge on any atom is 0.124 e. The van der Waals surface area contributed by atoms with Crippen molar-refractivity contribution in [3.63, 3.8) is 0 Å². The molecule has 2 N–H and O–H groups in total. The number of para-hydroxylation sites is 1. The van der Waals surface area contributed by atoms with Gasteiger partial charge >= 0.3 is 0 Å². The molecule has 0 saturated carbocycles. The molecule has 4 nitrogen and oxygen atoms in total. The van der Waals surface area contributed by atoms with Gasteiger partial charge in [0, 0.05) is 24.0 Å². The van der Waals surface area contributed by atoms with Crippen molar-refractivity contribution in [2.45, 2.75) is 26.4 Å². The zero-order valence-corrected chi connectivity index (χ0v) is 13.7. The van der Waals surface area contributed by atoms with E-state index in [2.05, 4.69) is 28.4 Å². The summed E-state index contributed by atoms with van der Waals surface area (Å²) in [5.74, 6) is 0.914. The van der Waals surface area contributed by atoms with Gasteiger partial charge in [-0.2, -0.15) is 0 Å². The molecule has 0 aliphatic heterocycles. The Bertz CT molecular complexity index is 570. The number of hydrogen-bond donors (Lipinski definition) is 1. The standard InChI is InChI=1S/C16H23N3OS/c1-4-20-16-8-6-5-7-14(16)15(9-17)19(3)10-13-11-21-12(2)18-13/h5-8,11,15H,4,9-10,17H2,1-3H3. The van der Waals surface area contributed by atoms with Crippen LogP contribution in [0.15, 0.2) is 29.6 Å². The topological polar surface area (TPSA) is 51.4 Å². The van der Waals surface area contributed by atoms with Gasteiger partial charge in [-0.25, -0.2) is 4.98 Å². The van der Waals surface area contributed by atoms with Gasteiger partial charge in [0.15, 0.2) is 0 Å². The van der Waals surface area contributed by atoms with E-state index in [9.17, 15) is 0 Å². The average Bonchev–Trinajstić information content (AvgIpc) is 2.87. The number of benzene rings is 1. The number of aromatic nitrogens is 1. The molecule has 0 radical (unpaired) electrons. The fourth-order valence-electron chi connectivity index (χ4n) is 2.43. The van der Waals surface area contributed by atoms with E-state index in [1.54, 1.807) is 11.3 Å². The first-order valence-corrected chi connectivity index (χ1v) is 8.06. The lowest BCUT2D eigenvalue weighted by atomic mass is 10.0. The van der Waals surface area contributed by atoms with Gasteiger partial charge < -0.3 is 10.5 Å². The molecule has 114 valence electrons. The maximum atomic E-state index is 6.01. The van der Waals surface area contributed by atoms with Crippen LogP contribution in [0.3, 0.4) is 0 Å². The third-order valence-electron chi connectivity index (χ3n) is 3.41. The van der Waals surface area contributed by atoms with Gasteiger partial charge in [0.05, 0.1) is 23.4 Å². The number of aryl methyl sites for hydroxylation is 1. The minimum Gasteiger partial charge on any atom is -0.494 e. The highest BCUT2D eigenvalue weighted by molar-refractivity contribution is 7.09. The molecule has 1 unspecified atom stereocenters. The van der Waals surface area contributed by atoms with E-state index in [0.717, 1.165) is 28.6 Å². The first-order valence-electron chi connectivity index (χ1n) is 7.18. The molecule has 1 atom stereocenters. The normalized spacial score (nSPS) is 12.6. The quantitative estimate of drug-likeness (QED) is 0.854. The fraction of sp³-hybridized carbons (Fsp3) is 0.438. The third-order valence-corrected chi connectivity index (χ3v) is 4.23. The highest BCUT2D eigenvalue weighted by Crippen LogP contribution is 2.29. The van der Waals surface area contributed by atoms with Gasteiger partial charge in [0.1, 0.15) is 5.75 Å². The van der Waals surface area contributed by atoms with Crippen LogP contribution in [-0.4, -0.2) is 30.1 Å². The number of thiazole rings is 1. The highest BCUT2D eigenvalue weighted by Gasteiger charge is 2.20. The number of hydrogen-bond acceptors (Lipinski definition) is 5. The molecule has 0 amide bonds. The Morgan fingerprint density at radius 3 is 2.76 bits per heavy atom. The van der Waals surface area contributed by atoms with Gasteiger partial charge in [-0.15, -0.1) is 11.3 Å². The fourth-order valence-corrected chi connectivity index (χ4v) is 3.04. The Balaban J connectivity index is 2.18. The van der Waals surface area contributed by atoms with Crippen LogP contribution in [0.5, 0.6) is 5.75 Å². The Hall–Kier alpha value is -1.43.